The lowest BCUT2D eigenvalue weighted by molar-refractivity contribution is -0.118. The van der Waals surface area contributed by atoms with E-state index >= 15 is 0 Å². The molecule has 0 aliphatic carbocycles. The number of hydrogen-bond acceptors (Lipinski definition) is 3. The van der Waals surface area contributed by atoms with Gasteiger partial charge in [-0.25, -0.2) is 4.39 Å². The first kappa shape index (κ1) is 14.5. The van der Waals surface area contributed by atoms with Crippen molar-refractivity contribution in [2.45, 2.75) is 24.7 Å². The minimum atomic E-state index is -0.545. The predicted molar refractivity (Wildman–Crippen MR) is 73.2 cm³/mol. The Kier molecular flexibility index (Phi) is 4.35. The average Bonchev–Trinajstić information content (AvgIpc) is 2.46. The van der Waals surface area contributed by atoms with Crippen LogP contribution in [0.1, 0.15) is 24.8 Å². The molecule has 0 aromatic heterocycles. The number of hydrogen-bond donors (Lipinski definition) is 1. The van der Waals surface area contributed by atoms with E-state index in [9.17, 15) is 14.4 Å². The average molecular weight is 275 g/mol. The minimum Gasteiger partial charge on any atom is -0.370 e. The summed E-state index contributed by atoms with van der Waals surface area (Å²) in [4.78, 5) is 12.9. The second-order valence-corrected chi connectivity index (χ2v) is 5.26. The number of benzene rings is 1. The van der Waals surface area contributed by atoms with Crippen LogP contribution in [-0.4, -0.2) is 30.4 Å². The summed E-state index contributed by atoms with van der Waals surface area (Å²) < 4.78 is 13.0. The normalized spacial score (nSPS) is 18.4. The zero-order chi connectivity index (χ0) is 14.6. The minimum absolute atomic E-state index is 0.291. The van der Waals surface area contributed by atoms with E-state index in [2.05, 4.69) is 11.0 Å². The van der Waals surface area contributed by atoms with E-state index in [4.69, 9.17) is 5.73 Å². The van der Waals surface area contributed by atoms with Gasteiger partial charge in [0.2, 0.25) is 5.91 Å². The Balaban J connectivity index is 2.03. The van der Waals surface area contributed by atoms with Gasteiger partial charge >= 0.3 is 0 Å². The van der Waals surface area contributed by atoms with Crippen molar-refractivity contribution in [3.05, 3.63) is 35.6 Å². The van der Waals surface area contributed by atoms with Gasteiger partial charge in [-0.05, 0) is 43.6 Å². The highest BCUT2D eigenvalue weighted by Gasteiger charge is 2.36. The number of nitriles is 1. The molecule has 0 bridgehead atoms. The van der Waals surface area contributed by atoms with Gasteiger partial charge in [-0.15, -0.1) is 0 Å². The number of nitrogens with two attached hydrogens (primary N) is 1. The molecule has 2 rings (SSSR count). The number of likely N-dealkylation sites (tertiary alicyclic amines) is 1. The summed E-state index contributed by atoms with van der Waals surface area (Å²) >= 11 is 0. The van der Waals surface area contributed by atoms with Crippen molar-refractivity contribution in [1.82, 2.24) is 4.90 Å². The highest BCUT2D eigenvalue weighted by Crippen LogP contribution is 2.35. The summed E-state index contributed by atoms with van der Waals surface area (Å²) in [5, 5.41) is 9.53. The number of halogens is 1. The molecule has 0 unspecified atom stereocenters. The molecule has 0 saturated carbocycles. The largest absolute Gasteiger partial charge is 0.370 e. The van der Waals surface area contributed by atoms with Crippen molar-refractivity contribution in [2.24, 2.45) is 5.73 Å². The quantitative estimate of drug-likeness (QED) is 0.906. The monoisotopic (exact) mass is 275 g/mol. The zero-order valence-corrected chi connectivity index (χ0v) is 11.3. The predicted octanol–water partition coefficient (Wildman–Crippen LogP) is 1.56. The van der Waals surface area contributed by atoms with Gasteiger partial charge in [0.05, 0.1) is 11.5 Å². The molecule has 1 heterocycles. The molecule has 0 spiro atoms. The summed E-state index contributed by atoms with van der Waals surface area (Å²) in [6.45, 7) is 2.14. The molecular formula is C15H18FN3O. The van der Waals surface area contributed by atoms with Gasteiger partial charge < -0.3 is 10.6 Å². The van der Waals surface area contributed by atoms with Gasteiger partial charge in [-0.1, -0.05) is 12.1 Å². The Morgan fingerprint density at radius 2 is 1.95 bits per heavy atom. The molecule has 1 aromatic carbocycles. The van der Waals surface area contributed by atoms with Crippen LogP contribution in [0.5, 0.6) is 0 Å². The summed E-state index contributed by atoms with van der Waals surface area (Å²) in [5.41, 5.74) is 5.47. The molecule has 1 aromatic rings. The maximum Gasteiger partial charge on any atom is 0.218 e. The van der Waals surface area contributed by atoms with E-state index in [1.807, 2.05) is 0 Å². The molecule has 1 saturated heterocycles. The van der Waals surface area contributed by atoms with Crippen LogP contribution in [0.2, 0.25) is 0 Å². The lowest BCUT2D eigenvalue weighted by Gasteiger charge is -2.37. The van der Waals surface area contributed by atoms with Gasteiger partial charge in [-0.3, -0.25) is 4.79 Å². The summed E-state index contributed by atoms with van der Waals surface area (Å²) in [6.07, 6.45) is 1.72. The zero-order valence-electron chi connectivity index (χ0n) is 11.3. The Bertz CT molecular complexity index is 513. The second kappa shape index (κ2) is 6.02. The van der Waals surface area contributed by atoms with Crippen molar-refractivity contribution in [3.8, 4) is 6.07 Å². The molecule has 5 heteroatoms. The van der Waals surface area contributed by atoms with Crippen molar-refractivity contribution in [2.75, 3.05) is 19.6 Å². The molecule has 106 valence electrons. The number of piperidine rings is 1. The van der Waals surface area contributed by atoms with Crippen LogP contribution in [0.4, 0.5) is 4.39 Å². The molecule has 20 heavy (non-hydrogen) atoms. The van der Waals surface area contributed by atoms with E-state index in [0.717, 1.165) is 18.7 Å². The van der Waals surface area contributed by atoms with Crippen molar-refractivity contribution in [3.63, 3.8) is 0 Å². The fourth-order valence-corrected chi connectivity index (χ4v) is 2.66. The van der Waals surface area contributed by atoms with Crippen molar-refractivity contribution in [1.29, 1.82) is 5.26 Å². The Morgan fingerprint density at radius 1 is 1.35 bits per heavy atom. The van der Waals surface area contributed by atoms with Gasteiger partial charge in [-0.2, -0.15) is 5.26 Å². The fourth-order valence-electron chi connectivity index (χ4n) is 2.66. The number of rotatable bonds is 4. The number of amides is 1. The van der Waals surface area contributed by atoms with E-state index in [1.54, 1.807) is 12.1 Å². The van der Waals surface area contributed by atoms with Gasteiger partial charge in [0, 0.05) is 13.0 Å². The highest BCUT2D eigenvalue weighted by molar-refractivity contribution is 5.73. The summed E-state index contributed by atoms with van der Waals surface area (Å²) in [7, 11) is 0. The number of carbonyl (C=O) groups excluding carboxylic acids is 1. The third-order valence-corrected chi connectivity index (χ3v) is 3.99. The molecule has 0 radical (unpaired) electrons. The van der Waals surface area contributed by atoms with Gasteiger partial charge in [0.25, 0.3) is 0 Å². The number of nitrogens with zero attached hydrogens (tertiary/aromatic N) is 2. The third-order valence-electron chi connectivity index (χ3n) is 3.99. The van der Waals surface area contributed by atoms with Gasteiger partial charge in [0.15, 0.2) is 0 Å². The molecular weight excluding hydrogens is 257 g/mol. The highest BCUT2D eigenvalue weighted by atomic mass is 19.1. The first-order valence-corrected chi connectivity index (χ1v) is 6.74. The Labute approximate surface area is 118 Å². The third kappa shape index (κ3) is 3.14. The van der Waals surface area contributed by atoms with Crippen LogP contribution in [0.3, 0.4) is 0 Å². The van der Waals surface area contributed by atoms with E-state index in [0.29, 0.717) is 25.8 Å². The molecule has 2 N–H and O–H groups in total. The second-order valence-electron chi connectivity index (χ2n) is 5.26. The van der Waals surface area contributed by atoms with Crippen molar-refractivity contribution < 1.29 is 9.18 Å². The molecule has 0 atom stereocenters. The topological polar surface area (TPSA) is 70.1 Å². The molecule has 1 aliphatic rings. The SMILES string of the molecule is N#CC1(c2ccc(F)cc2)CCN(CCC(N)=O)CC1. The maximum atomic E-state index is 13.0. The standard InChI is InChI=1S/C15H18FN3O/c16-13-3-1-12(2-4-13)15(11-17)6-9-19(10-7-15)8-5-14(18)20/h1-4H,5-10H2,(H2,18,20). The first-order valence-electron chi connectivity index (χ1n) is 6.74. The van der Waals surface area contributed by atoms with Crippen LogP contribution in [0, 0.1) is 17.1 Å². The summed E-state index contributed by atoms with van der Waals surface area (Å²) in [6, 6.07) is 8.58. The number of carbonyl (C=O) groups is 1. The Hall–Kier alpha value is -1.93. The lowest BCUT2D eigenvalue weighted by Crippen LogP contribution is -2.42. The van der Waals surface area contributed by atoms with Crippen LogP contribution in [0.15, 0.2) is 24.3 Å². The van der Waals surface area contributed by atoms with E-state index < -0.39 is 5.41 Å². The van der Waals surface area contributed by atoms with Crippen LogP contribution >= 0.6 is 0 Å². The van der Waals surface area contributed by atoms with Gasteiger partial charge in [0.1, 0.15) is 5.82 Å². The van der Waals surface area contributed by atoms with Crippen LogP contribution in [0.25, 0.3) is 0 Å². The summed E-state index contributed by atoms with van der Waals surface area (Å²) in [5.74, 6) is -0.596. The maximum absolute atomic E-state index is 13.0. The molecule has 1 aliphatic heterocycles. The molecule has 1 amide bonds. The Morgan fingerprint density at radius 3 is 2.45 bits per heavy atom. The lowest BCUT2D eigenvalue weighted by atomic mass is 9.74. The van der Waals surface area contributed by atoms with E-state index in [1.165, 1.54) is 12.1 Å². The first-order chi connectivity index (χ1) is 9.55. The molecule has 1 fully saturated rings. The smallest absolute Gasteiger partial charge is 0.218 e. The number of primary amides is 1. The van der Waals surface area contributed by atoms with Crippen molar-refractivity contribution >= 4 is 5.91 Å². The van der Waals surface area contributed by atoms with Crippen LogP contribution < -0.4 is 5.73 Å². The molecule has 4 nitrogen and oxygen atoms in total. The van der Waals surface area contributed by atoms with Crippen LogP contribution in [-0.2, 0) is 10.2 Å². The fraction of sp³-hybridized carbons (Fsp3) is 0.467. The van der Waals surface area contributed by atoms with E-state index in [-0.39, 0.29) is 11.7 Å².